The number of aromatic nitrogens is 1. The fraction of sp³-hybridized carbons (Fsp3) is 0.348. The number of nitrogens with two attached hydrogens (primary N) is 1. The number of carbonyl (C=O) groups excluding carboxylic acids is 1. The van der Waals surface area contributed by atoms with Crippen molar-refractivity contribution >= 4 is 29.3 Å². The van der Waals surface area contributed by atoms with Gasteiger partial charge >= 0.3 is 0 Å². The first kappa shape index (κ1) is 20.8. The number of rotatable bonds is 6. The maximum Gasteiger partial charge on any atom is 0.284 e. The molecule has 4 N–H and O–H groups in total. The summed E-state index contributed by atoms with van der Waals surface area (Å²) in [5, 5.41) is 4.24. The molecule has 0 aliphatic carbocycles. The molecule has 1 amide bonds. The Bertz CT molecular complexity index is 1200. The first-order valence-electron chi connectivity index (χ1n) is 11.5. The van der Waals surface area contributed by atoms with Crippen molar-refractivity contribution in [2.75, 3.05) is 28.3 Å². The number of likely N-dealkylation sites (tertiary alicyclic amines) is 1. The quantitative estimate of drug-likeness (QED) is 0.558. The maximum absolute atomic E-state index is 11.3. The SMILES string of the molecule is CC(C)N1C[C@@H]2C[C@H]1CN2c1ccc(N[N+]23C=CN(c4coc(C(N)=O)c4)C=C2C=NN3)cn1. The van der Waals surface area contributed by atoms with Crippen LogP contribution in [0.4, 0.5) is 17.2 Å². The van der Waals surface area contributed by atoms with E-state index in [9.17, 15) is 4.79 Å². The number of nitrogens with zero attached hydrogens (tertiary/aromatic N) is 6. The lowest BCUT2D eigenvalue weighted by Gasteiger charge is -2.37. The first-order valence-corrected chi connectivity index (χ1v) is 11.5. The highest BCUT2D eigenvalue weighted by Crippen LogP contribution is 2.35. The van der Waals surface area contributed by atoms with Crippen molar-refractivity contribution in [1.82, 2.24) is 15.4 Å². The molecule has 6 heterocycles. The number of carbonyl (C=O) groups is 1. The van der Waals surface area contributed by atoms with Crippen LogP contribution < -0.4 is 26.5 Å². The molecule has 2 aromatic heterocycles. The van der Waals surface area contributed by atoms with Crippen LogP contribution in [0, 0.1) is 0 Å². The molecular formula is C23H28N9O2+. The van der Waals surface area contributed by atoms with E-state index in [2.05, 4.69) is 51.8 Å². The molecule has 2 aromatic rings. The Morgan fingerprint density at radius 1 is 1.32 bits per heavy atom. The van der Waals surface area contributed by atoms with E-state index in [1.165, 1.54) is 12.7 Å². The number of allylic oxidation sites excluding steroid dienone is 1. The molecule has 0 saturated carbocycles. The Balaban J connectivity index is 1.16. The molecular weight excluding hydrogens is 434 g/mol. The number of pyridine rings is 1. The molecule has 11 nitrogen and oxygen atoms in total. The lowest BCUT2D eigenvalue weighted by atomic mass is 10.2. The molecule has 0 aromatic carbocycles. The van der Waals surface area contributed by atoms with E-state index in [0.29, 0.717) is 23.8 Å². The summed E-state index contributed by atoms with van der Waals surface area (Å²) in [6, 6.07) is 7.49. The Morgan fingerprint density at radius 3 is 2.88 bits per heavy atom. The van der Waals surface area contributed by atoms with Gasteiger partial charge in [0.05, 0.1) is 24.3 Å². The lowest BCUT2D eigenvalue weighted by Crippen LogP contribution is -2.53. The third-order valence-electron chi connectivity index (χ3n) is 6.96. The van der Waals surface area contributed by atoms with Crippen molar-refractivity contribution in [3.05, 3.63) is 60.7 Å². The van der Waals surface area contributed by atoms with Crippen LogP contribution in [0.5, 0.6) is 0 Å². The molecule has 0 spiro atoms. The van der Waals surface area contributed by atoms with Crippen molar-refractivity contribution in [3.8, 4) is 0 Å². The smallest absolute Gasteiger partial charge is 0.284 e. The van der Waals surface area contributed by atoms with Crippen molar-refractivity contribution in [2.24, 2.45) is 10.8 Å². The molecule has 176 valence electrons. The van der Waals surface area contributed by atoms with Crippen LogP contribution in [-0.4, -0.2) is 57.9 Å². The summed E-state index contributed by atoms with van der Waals surface area (Å²) in [4.78, 5) is 23.0. The summed E-state index contributed by atoms with van der Waals surface area (Å²) in [7, 11) is 0. The standard InChI is InChI=1S/C23H27N9O2/c1-15(2)30-11-18-7-17(30)12-31(18)22-4-3-16(9-25-22)27-32-6-5-29(13-20(32)10-26-28-32)19-8-21(23(24)33)34-14-19/h3-6,8-10,13-15,17-18,27-28H,7,11-12H2,1-2H3,(H-,24,33)/p+1/t17-,18-,32?/m0/s1. The highest BCUT2D eigenvalue weighted by Gasteiger charge is 2.44. The molecule has 3 atom stereocenters. The van der Waals surface area contributed by atoms with Crippen LogP contribution in [0.25, 0.3) is 0 Å². The predicted octanol–water partition coefficient (Wildman–Crippen LogP) is 1.93. The minimum absolute atomic E-state index is 0.107. The average Bonchev–Trinajstić information content (AvgIpc) is 3.61. The van der Waals surface area contributed by atoms with Crippen LogP contribution in [0.1, 0.15) is 30.8 Å². The third-order valence-corrected chi connectivity index (χ3v) is 6.96. The van der Waals surface area contributed by atoms with Crippen LogP contribution in [0.2, 0.25) is 0 Å². The number of fused-ring (bicyclic) bond motifs is 3. The van der Waals surface area contributed by atoms with Gasteiger partial charge in [-0.05, 0) is 37.1 Å². The minimum Gasteiger partial charge on any atom is -0.457 e. The zero-order valence-electron chi connectivity index (χ0n) is 19.1. The third kappa shape index (κ3) is 3.32. The second kappa shape index (κ2) is 7.61. The Hall–Kier alpha value is -3.83. The molecule has 0 radical (unpaired) electrons. The van der Waals surface area contributed by atoms with Gasteiger partial charge in [-0.3, -0.25) is 9.69 Å². The number of hydrogen-bond acceptors (Lipinski definition) is 9. The van der Waals surface area contributed by atoms with Gasteiger partial charge in [-0.15, -0.1) is 10.6 Å². The molecule has 4 aliphatic rings. The summed E-state index contributed by atoms with van der Waals surface area (Å²) in [5.74, 6) is 0.526. The number of furan rings is 1. The Labute approximate surface area is 197 Å². The number of amides is 1. The number of nitrogens with one attached hydrogen (secondary N) is 2. The largest absolute Gasteiger partial charge is 0.457 e. The second-order valence-corrected chi connectivity index (χ2v) is 9.38. The summed E-state index contributed by atoms with van der Waals surface area (Å²) in [5.41, 5.74) is 14.2. The number of primary amides is 1. The number of anilines is 3. The van der Waals surface area contributed by atoms with Crippen LogP contribution in [0.15, 0.2) is 64.5 Å². The number of hydrogen-bond donors (Lipinski definition) is 3. The van der Waals surface area contributed by atoms with Crippen molar-refractivity contribution in [3.63, 3.8) is 0 Å². The number of piperazine rings is 1. The monoisotopic (exact) mass is 462 g/mol. The van der Waals surface area contributed by atoms with Gasteiger partial charge in [0, 0.05) is 37.3 Å². The fourth-order valence-corrected chi connectivity index (χ4v) is 5.25. The second-order valence-electron chi connectivity index (χ2n) is 9.38. The molecule has 34 heavy (non-hydrogen) atoms. The molecule has 2 fully saturated rings. The maximum atomic E-state index is 11.3. The van der Waals surface area contributed by atoms with Gasteiger partial charge in [-0.2, -0.15) is 5.43 Å². The summed E-state index contributed by atoms with van der Waals surface area (Å²) in [6.45, 7) is 6.70. The summed E-state index contributed by atoms with van der Waals surface area (Å²) in [6.07, 6.45) is 12.0. The topological polar surface area (TPSA) is 115 Å². The van der Waals surface area contributed by atoms with Crippen LogP contribution in [0.3, 0.4) is 0 Å². The molecule has 4 aliphatic heterocycles. The zero-order valence-corrected chi connectivity index (χ0v) is 19.1. The highest BCUT2D eigenvalue weighted by molar-refractivity contribution is 5.91. The Morgan fingerprint density at radius 2 is 2.21 bits per heavy atom. The van der Waals surface area contributed by atoms with Gasteiger partial charge in [0.2, 0.25) is 5.70 Å². The fourth-order valence-electron chi connectivity index (χ4n) is 5.25. The van der Waals surface area contributed by atoms with E-state index in [1.807, 2.05) is 29.7 Å². The average molecular weight is 463 g/mol. The molecule has 2 bridgehead atoms. The zero-order chi connectivity index (χ0) is 23.4. The van der Waals surface area contributed by atoms with E-state index in [1.54, 1.807) is 12.3 Å². The summed E-state index contributed by atoms with van der Waals surface area (Å²) < 4.78 is 5.34. The molecule has 2 saturated heterocycles. The normalized spacial score (nSPS) is 27.3. The van der Waals surface area contributed by atoms with Gasteiger partial charge in [0.1, 0.15) is 24.0 Å². The molecule has 1 unspecified atom stereocenters. The van der Waals surface area contributed by atoms with Gasteiger partial charge in [-0.25, -0.2) is 4.98 Å². The Kier molecular flexibility index (Phi) is 4.64. The summed E-state index contributed by atoms with van der Waals surface area (Å²) >= 11 is 0. The van der Waals surface area contributed by atoms with Gasteiger partial charge in [0.15, 0.2) is 12.0 Å². The molecule has 6 rings (SSSR count). The van der Waals surface area contributed by atoms with E-state index >= 15 is 0 Å². The van der Waals surface area contributed by atoms with Crippen LogP contribution >= 0.6 is 0 Å². The number of quaternary nitrogens is 1. The first-order chi connectivity index (χ1) is 16.4. The van der Waals surface area contributed by atoms with Gasteiger partial charge < -0.3 is 20.0 Å². The van der Waals surface area contributed by atoms with E-state index < -0.39 is 5.91 Å². The van der Waals surface area contributed by atoms with Crippen molar-refractivity contribution < 1.29 is 13.9 Å². The van der Waals surface area contributed by atoms with Crippen LogP contribution in [-0.2, 0) is 0 Å². The number of hydrazone groups is 1. The van der Waals surface area contributed by atoms with Gasteiger partial charge in [0.25, 0.3) is 5.91 Å². The lowest BCUT2D eigenvalue weighted by molar-refractivity contribution is -0.857. The van der Waals surface area contributed by atoms with Crippen molar-refractivity contribution in [1.29, 1.82) is 0 Å². The van der Waals surface area contributed by atoms with Gasteiger partial charge in [-0.1, -0.05) is 0 Å². The van der Waals surface area contributed by atoms with E-state index in [-0.39, 0.29) is 10.5 Å². The van der Waals surface area contributed by atoms with Crippen molar-refractivity contribution in [2.45, 2.75) is 38.4 Å². The predicted molar refractivity (Wildman–Crippen MR) is 128 cm³/mol. The molecule has 11 heteroatoms. The van der Waals surface area contributed by atoms with E-state index in [4.69, 9.17) is 15.1 Å². The minimum atomic E-state index is -0.606. The highest BCUT2D eigenvalue weighted by atomic mass is 16.3. The van der Waals surface area contributed by atoms with E-state index in [0.717, 1.165) is 30.3 Å².